The van der Waals surface area contributed by atoms with Gasteiger partial charge in [0, 0.05) is 0 Å². The first kappa shape index (κ1) is 19.8. The first-order valence-corrected chi connectivity index (χ1v) is 8.79. The predicted molar refractivity (Wildman–Crippen MR) is 105 cm³/mol. The van der Waals surface area contributed by atoms with Crippen molar-refractivity contribution in [2.24, 2.45) is 0 Å². The van der Waals surface area contributed by atoms with Crippen molar-refractivity contribution < 1.29 is 29.3 Å². The van der Waals surface area contributed by atoms with E-state index in [4.69, 9.17) is 29.3 Å². The van der Waals surface area contributed by atoms with Crippen LogP contribution >= 0.6 is 0 Å². The van der Waals surface area contributed by atoms with Crippen molar-refractivity contribution in [3.63, 3.8) is 0 Å². The zero-order valence-electron chi connectivity index (χ0n) is 15.2. The molecule has 0 unspecified atom stereocenters. The van der Waals surface area contributed by atoms with Crippen LogP contribution in [-0.2, 0) is 19.8 Å². The van der Waals surface area contributed by atoms with E-state index in [-0.39, 0.29) is 19.8 Å². The fourth-order valence-electron chi connectivity index (χ4n) is 2.43. The number of aliphatic hydroxyl groups excluding tert-OH is 3. The summed E-state index contributed by atoms with van der Waals surface area (Å²) in [6.45, 7) is -0.151. The molecule has 3 aromatic rings. The van der Waals surface area contributed by atoms with E-state index < -0.39 is 7.32 Å². The summed E-state index contributed by atoms with van der Waals surface area (Å²) in [4.78, 5) is 0. The molecule has 6 nitrogen and oxygen atoms in total. The highest BCUT2D eigenvalue weighted by Gasteiger charge is 2.30. The van der Waals surface area contributed by atoms with E-state index in [1.54, 1.807) is 72.8 Å². The summed E-state index contributed by atoms with van der Waals surface area (Å²) >= 11 is 0. The first-order valence-electron chi connectivity index (χ1n) is 8.79. The van der Waals surface area contributed by atoms with Gasteiger partial charge >= 0.3 is 7.32 Å². The molecule has 0 aromatic heterocycles. The summed E-state index contributed by atoms with van der Waals surface area (Å²) in [5, 5.41) is 27.5. The van der Waals surface area contributed by atoms with Crippen LogP contribution in [0.5, 0.6) is 17.2 Å². The molecule has 7 heteroatoms. The molecule has 0 bridgehead atoms. The topological polar surface area (TPSA) is 88.4 Å². The lowest BCUT2D eigenvalue weighted by Crippen LogP contribution is -2.37. The van der Waals surface area contributed by atoms with Gasteiger partial charge in [0.25, 0.3) is 0 Å². The Balaban J connectivity index is 1.76. The standard InChI is InChI=1S/C21H21BO6/c23-13-16-1-7-19(8-2-16)26-22(27-20-9-3-17(14-24)4-10-20)28-21-11-5-18(15-25)6-12-21/h1-12,23-25H,13-15H2. The van der Waals surface area contributed by atoms with Gasteiger partial charge in [0.05, 0.1) is 19.8 Å². The zero-order chi connectivity index (χ0) is 19.8. The molecule has 3 aromatic carbocycles. The highest BCUT2D eigenvalue weighted by atomic mass is 16.7. The maximum atomic E-state index is 9.16. The first-order chi connectivity index (χ1) is 13.7. The number of hydrogen-bond donors (Lipinski definition) is 3. The Bertz CT molecular complexity index is 732. The van der Waals surface area contributed by atoms with Gasteiger partial charge in [-0.15, -0.1) is 0 Å². The van der Waals surface area contributed by atoms with Crippen LogP contribution in [0.2, 0.25) is 0 Å². The van der Waals surface area contributed by atoms with E-state index in [9.17, 15) is 0 Å². The Kier molecular flexibility index (Phi) is 6.92. The van der Waals surface area contributed by atoms with E-state index in [0.717, 1.165) is 16.7 Å². The second-order valence-corrected chi connectivity index (χ2v) is 6.05. The molecule has 0 radical (unpaired) electrons. The third-order valence-electron chi connectivity index (χ3n) is 4.01. The average Bonchev–Trinajstić information content (AvgIpc) is 2.75. The molecular weight excluding hydrogens is 359 g/mol. The lowest BCUT2D eigenvalue weighted by Gasteiger charge is -2.17. The third-order valence-corrected chi connectivity index (χ3v) is 4.01. The Morgan fingerprint density at radius 1 is 0.464 bits per heavy atom. The maximum absolute atomic E-state index is 9.16. The molecule has 144 valence electrons. The van der Waals surface area contributed by atoms with Crippen LogP contribution in [0.3, 0.4) is 0 Å². The van der Waals surface area contributed by atoms with Crippen LogP contribution < -0.4 is 14.0 Å². The smallest absolute Gasteiger partial charge is 0.490 e. The summed E-state index contributed by atoms with van der Waals surface area (Å²) in [5.74, 6) is 1.54. The van der Waals surface area contributed by atoms with Crippen LogP contribution in [0.25, 0.3) is 0 Å². The molecule has 0 atom stereocenters. The van der Waals surface area contributed by atoms with Crippen LogP contribution in [0, 0.1) is 0 Å². The molecule has 0 saturated carbocycles. The largest absolute Gasteiger partial charge is 0.864 e. The fraction of sp³-hybridized carbons (Fsp3) is 0.143. The van der Waals surface area contributed by atoms with Crippen molar-refractivity contribution in [3.8, 4) is 17.2 Å². The molecule has 0 fully saturated rings. The van der Waals surface area contributed by atoms with Crippen molar-refractivity contribution in [1.82, 2.24) is 0 Å². The molecule has 0 aliphatic rings. The second kappa shape index (κ2) is 9.80. The number of rotatable bonds is 9. The molecule has 0 aliphatic heterocycles. The minimum Gasteiger partial charge on any atom is -0.490 e. The lowest BCUT2D eigenvalue weighted by molar-refractivity contribution is 0.281. The van der Waals surface area contributed by atoms with E-state index in [1.807, 2.05) is 0 Å². The molecule has 0 amide bonds. The second-order valence-electron chi connectivity index (χ2n) is 6.05. The van der Waals surface area contributed by atoms with Gasteiger partial charge in [-0.05, 0) is 53.1 Å². The van der Waals surface area contributed by atoms with E-state index in [2.05, 4.69) is 0 Å². The van der Waals surface area contributed by atoms with Gasteiger partial charge in [-0.25, -0.2) is 0 Å². The van der Waals surface area contributed by atoms with Crippen molar-refractivity contribution in [2.75, 3.05) is 0 Å². The Morgan fingerprint density at radius 3 is 0.929 bits per heavy atom. The quantitative estimate of drug-likeness (QED) is 0.495. The Hall–Kier alpha value is -3.00. The monoisotopic (exact) mass is 380 g/mol. The normalized spacial score (nSPS) is 10.4. The summed E-state index contributed by atoms with van der Waals surface area (Å²) in [5.41, 5.74) is 2.31. The highest BCUT2D eigenvalue weighted by molar-refractivity contribution is 6.39. The summed E-state index contributed by atoms with van der Waals surface area (Å²) in [6.07, 6.45) is 0. The Labute approximate surface area is 163 Å². The van der Waals surface area contributed by atoms with E-state index in [0.29, 0.717) is 17.2 Å². The van der Waals surface area contributed by atoms with E-state index in [1.165, 1.54) is 0 Å². The predicted octanol–water partition coefficient (Wildman–Crippen LogP) is 2.69. The van der Waals surface area contributed by atoms with Gasteiger partial charge in [-0.1, -0.05) is 36.4 Å². The van der Waals surface area contributed by atoms with Crippen LogP contribution in [0.4, 0.5) is 0 Å². The molecule has 0 aliphatic carbocycles. The molecular formula is C21H21BO6. The zero-order valence-corrected chi connectivity index (χ0v) is 15.2. The summed E-state index contributed by atoms with van der Waals surface area (Å²) in [6, 6.07) is 20.8. The van der Waals surface area contributed by atoms with Gasteiger partial charge < -0.3 is 29.3 Å². The highest BCUT2D eigenvalue weighted by Crippen LogP contribution is 2.20. The summed E-state index contributed by atoms with van der Waals surface area (Å²) < 4.78 is 17.4. The van der Waals surface area contributed by atoms with E-state index >= 15 is 0 Å². The lowest BCUT2D eigenvalue weighted by atomic mass is 10.1. The van der Waals surface area contributed by atoms with Gasteiger partial charge in [-0.2, -0.15) is 0 Å². The fourth-order valence-corrected chi connectivity index (χ4v) is 2.43. The van der Waals surface area contributed by atoms with Gasteiger partial charge in [0.2, 0.25) is 0 Å². The summed E-state index contributed by atoms with van der Waals surface area (Å²) in [7, 11) is -1.07. The van der Waals surface area contributed by atoms with Crippen LogP contribution in [0.1, 0.15) is 16.7 Å². The number of benzene rings is 3. The molecule has 3 N–H and O–H groups in total. The molecule has 0 heterocycles. The van der Waals surface area contributed by atoms with Crippen molar-refractivity contribution in [1.29, 1.82) is 0 Å². The molecule has 0 spiro atoms. The molecule has 28 heavy (non-hydrogen) atoms. The minimum absolute atomic E-state index is 0.0505. The maximum Gasteiger partial charge on any atom is 0.864 e. The van der Waals surface area contributed by atoms with Crippen LogP contribution in [-0.4, -0.2) is 22.6 Å². The SMILES string of the molecule is OCc1ccc(OB(Oc2ccc(CO)cc2)Oc2ccc(CO)cc2)cc1. The van der Waals surface area contributed by atoms with Crippen molar-refractivity contribution in [2.45, 2.75) is 19.8 Å². The van der Waals surface area contributed by atoms with Gasteiger partial charge in [0.1, 0.15) is 17.2 Å². The van der Waals surface area contributed by atoms with Gasteiger partial charge in [-0.3, -0.25) is 0 Å². The average molecular weight is 380 g/mol. The van der Waals surface area contributed by atoms with Crippen molar-refractivity contribution >= 4 is 7.32 Å². The molecule has 0 saturated heterocycles. The number of aliphatic hydroxyl groups is 3. The van der Waals surface area contributed by atoms with Crippen molar-refractivity contribution in [3.05, 3.63) is 89.5 Å². The van der Waals surface area contributed by atoms with Crippen LogP contribution in [0.15, 0.2) is 72.8 Å². The number of hydrogen-bond acceptors (Lipinski definition) is 6. The third kappa shape index (κ3) is 5.50. The molecule has 3 rings (SSSR count). The minimum atomic E-state index is -1.07. The van der Waals surface area contributed by atoms with Gasteiger partial charge in [0.15, 0.2) is 0 Å². The Morgan fingerprint density at radius 2 is 0.714 bits per heavy atom.